The molecule has 0 aliphatic rings. The van der Waals surface area contributed by atoms with Gasteiger partial charge in [0.15, 0.2) is 0 Å². The molecule has 3 rings (SSSR count). The van der Waals surface area contributed by atoms with Crippen molar-refractivity contribution in [3.63, 3.8) is 0 Å². The van der Waals surface area contributed by atoms with Crippen molar-refractivity contribution in [2.24, 2.45) is 5.41 Å². The zero-order chi connectivity index (χ0) is 27.0. The second-order valence-corrected chi connectivity index (χ2v) is 9.92. The molecule has 0 aliphatic carbocycles. The second kappa shape index (κ2) is 12.3. The Kier molecular flexibility index (Phi) is 9.19. The van der Waals surface area contributed by atoms with Crippen LogP contribution in [0.5, 0.6) is 0 Å². The third-order valence-electron chi connectivity index (χ3n) is 5.56. The molecule has 0 spiro atoms. The molecule has 2 aromatic carbocycles. The van der Waals surface area contributed by atoms with E-state index in [1.54, 1.807) is 43.3 Å². The highest BCUT2D eigenvalue weighted by Gasteiger charge is 2.20. The van der Waals surface area contributed by atoms with Crippen molar-refractivity contribution >= 4 is 17.7 Å². The summed E-state index contributed by atoms with van der Waals surface area (Å²) >= 11 is 0. The first-order valence-corrected chi connectivity index (χ1v) is 12.2. The van der Waals surface area contributed by atoms with Crippen molar-refractivity contribution < 1.29 is 14.3 Å². The third kappa shape index (κ3) is 8.28. The monoisotopic (exact) mass is 505 g/mol. The number of ether oxygens (including phenoxy) is 1. The number of nitrogens with one attached hydrogen (secondary N) is 2. The van der Waals surface area contributed by atoms with Crippen LogP contribution < -0.4 is 16.2 Å². The van der Waals surface area contributed by atoms with E-state index >= 15 is 0 Å². The van der Waals surface area contributed by atoms with Gasteiger partial charge in [0, 0.05) is 36.0 Å². The van der Waals surface area contributed by atoms with Gasteiger partial charge in [-0.2, -0.15) is 5.10 Å². The van der Waals surface area contributed by atoms with E-state index in [0.717, 1.165) is 17.7 Å². The van der Waals surface area contributed by atoms with E-state index in [9.17, 15) is 14.4 Å². The molecular weight excluding hydrogens is 470 g/mol. The molecule has 2 N–H and O–H groups in total. The third-order valence-corrected chi connectivity index (χ3v) is 5.56. The van der Waals surface area contributed by atoms with Crippen LogP contribution in [0.1, 0.15) is 36.7 Å². The molecule has 9 nitrogen and oxygen atoms in total. The van der Waals surface area contributed by atoms with Crippen molar-refractivity contribution in [2.45, 2.75) is 27.3 Å². The number of nitrogens with zero attached hydrogens (tertiary/aromatic N) is 3. The van der Waals surface area contributed by atoms with Gasteiger partial charge >= 0.3 is 6.09 Å². The topological polar surface area (TPSA) is 106 Å². The lowest BCUT2D eigenvalue weighted by atomic mass is 9.93. The Labute approximate surface area is 217 Å². The lowest BCUT2D eigenvalue weighted by molar-refractivity contribution is 0.0929. The lowest BCUT2D eigenvalue weighted by Gasteiger charge is -2.28. The maximum atomic E-state index is 12.6. The van der Waals surface area contributed by atoms with Crippen molar-refractivity contribution in [3.05, 3.63) is 82.1 Å². The first-order chi connectivity index (χ1) is 17.6. The Hall–Kier alpha value is -3.98. The normalized spacial score (nSPS) is 11.3. The van der Waals surface area contributed by atoms with E-state index in [4.69, 9.17) is 4.74 Å². The first kappa shape index (κ1) is 27.6. The summed E-state index contributed by atoms with van der Waals surface area (Å²) in [6.45, 7) is 7.90. The number of anilines is 1. The molecule has 1 heterocycles. The zero-order valence-corrected chi connectivity index (χ0v) is 22.1. The molecule has 37 heavy (non-hydrogen) atoms. The van der Waals surface area contributed by atoms with Crippen LogP contribution in [0.15, 0.2) is 65.5 Å². The van der Waals surface area contributed by atoms with Gasteiger partial charge in [-0.05, 0) is 62.3 Å². The Morgan fingerprint density at radius 1 is 1.05 bits per heavy atom. The van der Waals surface area contributed by atoms with Gasteiger partial charge in [0.1, 0.15) is 0 Å². The van der Waals surface area contributed by atoms with Crippen LogP contribution in [0.4, 0.5) is 10.5 Å². The Balaban J connectivity index is 1.70. The number of benzene rings is 2. The van der Waals surface area contributed by atoms with E-state index in [0.29, 0.717) is 23.5 Å². The van der Waals surface area contributed by atoms with Gasteiger partial charge in [-0.15, -0.1) is 0 Å². The molecule has 0 aliphatic heterocycles. The number of carbonyl (C=O) groups is 2. The highest BCUT2D eigenvalue weighted by Crippen LogP contribution is 2.18. The van der Waals surface area contributed by atoms with E-state index < -0.39 is 6.09 Å². The highest BCUT2D eigenvalue weighted by atomic mass is 16.5. The summed E-state index contributed by atoms with van der Waals surface area (Å²) in [5.41, 5.74) is 3.03. The molecule has 2 amide bonds. The Morgan fingerprint density at radius 3 is 2.46 bits per heavy atom. The minimum absolute atomic E-state index is 0.0505. The minimum Gasteiger partial charge on any atom is -0.450 e. The summed E-state index contributed by atoms with van der Waals surface area (Å²) in [6.07, 6.45) is -0.536. The average Bonchev–Trinajstić information content (AvgIpc) is 2.84. The van der Waals surface area contributed by atoms with E-state index in [-0.39, 0.29) is 30.0 Å². The Bertz CT molecular complexity index is 1280. The number of amides is 2. The fourth-order valence-electron chi connectivity index (χ4n) is 4.05. The van der Waals surface area contributed by atoms with E-state index in [1.165, 1.54) is 10.7 Å². The van der Waals surface area contributed by atoms with Crippen LogP contribution in [0.25, 0.3) is 11.3 Å². The van der Waals surface area contributed by atoms with Crippen LogP contribution >= 0.6 is 0 Å². The van der Waals surface area contributed by atoms with Gasteiger partial charge < -0.3 is 15.0 Å². The highest BCUT2D eigenvalue weighted by molar-refractivity contribution is 5.94. The largest absolute Gasteiger partial charge is 0.450 e. The van der Waals surface area contributed by atoms with Gasteiger partial charge in [-0.3, -0.25) is 14.9 Å². The molecule has 3 aromatic rings. The molecule has 9 heteroatoms. The Morgan fingerprint density at radius 2 is 1.78 bits per heavy atom. The average molecular weight is 506 g/mol. The van der Waals surface area contributed by atoms with Crippen molar-refractivity contribution in [1.29, 1.82) is 0 Å². The number of rotatable bonds is 10. The quantitative estimate of drug-likeness (QED) is 0.434. The predicted octanol–water partition coefficient (Wildman–Crippen LogP) is 3.84. The number of carbonyl (C=O) groups excluding carboxylic acids is 2. The molecule has 0 fully saturated rings. The van der Waals surface area contributed by atoms with E-state index in [2.05, 4.69) is 34.5 Å². The number of hydrogen-bond acceptors (Lipinski definition) is 6. The molecule has 0 radical (unpaired) electrons. The van der Waals surface area contributed by atoms with Crippen LogP contribution in [0, 0.1) is 5.41 Å². The fraction of sp³-hybridized carbons (Fsp3) is 0.357. The predicted molar refractivity (Wildman–Crippen MR) is 145 cm³/mol. The number of aromatic nitrogens is 2. The maximum absolute atomic E-state index is 12.6. The number of hydrogen-bond donors (Lipinski definition) is 2. The summed E-state index contributed by atoms with van der Waals surface area (Å²) in [5.74, 6) is -0.132. The molecule has 0 saturated carbocycles. The zero-order valence-electron chi connectivity index (χ0n) is 22.1. The van der Waals surface area contributed by atoms with Gasteiger partial charge in [-0.25, -0.2) is 9.48 Å². The van der Waals surface area contributed by atoms with Gasteiger partial charge in [0.05, 0.1) is 18.8 Å². The summed E-state index contributed by atoms with van der Waals surface area (Å²) in [7, 11) is 4.03. The summed E-state index contributed by atoms with van der Waals surface area (Å²) < 4.78 is 6.28. The van der Waals surface area contributed by atoms with Gasteiger partial charge in [-0.1, -0.05) is 38.1 Å². The lowest BCUT2D eigenvalue weighted by Crippen LogP contribution is -2.39. The van der Waals surface area contributed by atoms with Crippen molar-refractivity contribution in [1.82, 2.24) is 20.0 Å². The SMILES string of the molecule is CCOC(=O)Nc1cccc(Cn2nc(-c3ccc(C(=O)NCC(C)(C)CN(C)C)cc3)ccc2=O)c1. The molecule has 0 bridgehead atoms. The van der Waals surface area contributed by atoms with Gasteiger partial charge in [0.2, 0.25) is 0 Å². The van der Waals surface area contributed by atoms with Crippen LogP contribution in [-0.4, -0.2) is 60.5 Å². The standard InChI is InChI=1S/C28H35N5O4/c1-6-37-27(36)30-23-9-7-8-20(16-23)17-33-25(34)15-14-24(31-33)21-10-12-22(13-11-21)26(35)29-18-28(2,3)19-32(4)5/h7-16H,6,17-19H2,1-5H3,(H,29,35)(H,30,36). The summed E-state index contributed by atoms with van der Waals surface area (Å²) in [5, 5.41) is 10.2. The van der Waals surface area contributed by atoms with Crippen molar-refractivity contribution in [2.75, 3.05) is 39.1 Å². The smallest absolute Gasteiger partial charge is 0.411 e. The molecule has 0 atom stereocenters. The van der Waals surface area contributed by atoms with Gasteiger partial charge in [0.25, 0.3) is 11.5 Å². The molecule has 196 valence electrons. The molecule has 0 unspecified atom stereocenters. The maximum Gasteiger partial charge on any atom is 0.411 e. The summed E-state index contributed by atoms with van der Waals surface area (Å²) in [4.78, 5) is 38.9. The van der Waals surface area contributed by atoms with Crippen molar-refractivity contribution in [3.8, 4) is 11.3 Å². The minimum atomic E-state index is -0.536. The van der Waals surface area contributed by atoms with Crippen LogP contribution in [-0.2, 0) is 11.3 Å². The van der Waals surface area contributed by atoms with Crippen LogP contribution in [0.2, 0.25) is 0 Å². The van der Waals surface area contributed by atoms with E-state index in [1.807, 2.05) is 32.3 Å². The first-order valence-electron chi connectivity index (χ1n) is 12.2. The fourth-order valence-corrected chi connectivity index (χ4v) is 4.05. The van der Waals surface area contributed by atoms with Crippen LogP contribution in [0.3, 0.4) is 0 Å². The molecular formula is C28H35N5O4. The second-order valence-electron chi connectivity index (χ2n) is 9.92. The molecule has 0 saturated heterocycles. The summed E-state index contributed by atoms with van der Waals surface area (Å²) in [6, 6.07) is 17.4. The molecule has 1 aromatic heterocycles.